The summed E-state index contributed by atoms with van der Waals surface area (Å²) in [4.78, 5) is 13.1. The van der Waals surface area contributed by atoms with Gasteiger partial charge in [0.25, 0.3) is 0 Å². The summed E-state index contributed by atoms with van der Waals surface area (Å²) in [7, 11) is 0. The smallest absolute Gasteiger partial charge is 0.145 e. The molecule has 1 nitrogen and oxygen atoms in total. The van der Waals surface area contributed by atoms with Crippen molar-refractivity contribution < 1.29 is 4.79 Å². The van der Waals surface area contributed by atoms with Crippen LogP contribution in [0.5, 0.6) is 0 Å². The summed E-state index contributed by atoms with van der Waals surface area (Å²) < 4.78 is 0. The minimum Gasteiger partial charge on any atom is -0.298 e. The number of benzene rings is 1. The van der Waals surface area contributed by atoms with Gasteiger partial charge in [-0.1, -0.05) is 39.0 Å². The van der Waals surface area contributed by atoms with Gasteiger partial charge in [0.05, 0.1) is 5.25 Å². The fourth-order valence-corrected chi connectivity index (χ4v) is 2.86. The van der Waals surface area contributed by atoms with Crippen molar-refractivity contribution in [3.05, 3.63) is 30.3 Å². The van der Waals surface area contributed by atoms with Crippen LogP contribution in [0.25, 0.3) is 0 Å². The second kappa shape index (κ2) is 7.54. The first-order valence-corrected chi connectivity index (χ1v) is 7.25. The second-order valence-corrected chi connectivity index (χ2v) is 5.99. The summed E-state index contributed by atoms with van der Waals surface area (Å²) in [6, 6.07) is 10.2. The maximum absolute atomic E-state index is 11.9. The van der Waals surface area contributed by atoms with Crippen LogP contribution in [0.4, 0.5) is 0 Å². The topological polar surface area (TPSA) is 17.1 Å². The van der Waals surface area contributed by atoms with E-state index in [-0.39, 0.29) is 5.25 Å². The molecule has 0 N–H and O–H groups in total. The van der Waals surface area contributed by atoms with E-state index in [2.05, 4.69) is 26.0 Å². The first kappa shape index (κ1) is 14.3. The zero-order chi connectivity index (χ0) is 12.7. The number of hydrogen-bond acceptors (Lipinski definition) is 2. The van der Waals surface area contributed by atoms with Gasteiger partial charge in [0.1, 0.15) is 5.78 Å². The maximum Gasteiger partial charge on any atom is 0.145 e. The molecule has 0 heterocycles. The molecule has 1 rings (SSSR count). The van der Waals surface area contributed by atoms with Crippen LogP contribution < -0.4 is 0 Å². The van der Waals surface area contributed by atoms with Crippen LogP contribution in [0, 0.1) is 5.92 Å². The van der Waals surface area contributed by atoms with Crippen LogP contribution in [-0.4, -0.2) is 11.0 Å². The lowest BCUT2D eigenvalue weighted by Gasteiger charge is -2.15. The summed E-state index contributed by atoms with van der Waals surface area (Å²) >= 11 is 1.71. The molecule has 17 heavy (non-hydrogen) atoms. The molecule has 0 bridgehead atoms. The highest BCUT2D eigenvalue weighted by Gasteiger charge is 2.18. The number of Topliss-reactive ketones (excluding diaryl/α,β-unsaturated/α-hetero) is 1. The maximum atomic E-state index is 11.9. The number of hydrogen-bond donors (Lipinski definition) is 0. The molecule has 0 aliphatic heterocycles. The Bertz CT molecular complexity index is 332. The summed E-state index contributed by atoms with van der Waals surface area (Å²) in [5, 5.41) is 0.129. The molecule has 0 aliphatic carbocycles. The quantitative estimate of drug-likeness (QED) is 0.660. The molecule has 94 valence electrons. The molecule has 1 atom stereocenters. The van der Waals surface area contributed by atoms with E-state index in [0.717, 1.165) is 12.8 Å². The minimum absolute atomic E-state index is 0.129. The third kappa shape index (κ3) is 5.40. The molecule has 0 aromatic heterocycles. The van der Waals surface area contributed by atoms with Gasteiger partial charge in [-0.15, -0.1) is 11.8 Å². The SMILES string of the molecule is CCC(=O)C(CCC(C)C)Sc1ccccc1. The van der Waals surface area contributed by atoms with E-state index in [4.69, 9.17) is 0 Å². The van der Waals surface area contributed by atoms with Crippen LogP contribution in [-0.2, 0) is 4.79 Å². The Balaban J connectivity index is 2.60. The lowest BCUT2D eigenvalue weighted by Crippen LogP contribution is -2.16. The van der Waals surface area contributed by atoms with E-state index in [1.54, 1.807) is 11.8 Å². The van der Waals surface area contributed by atoms with Gasteiger partial charge in [0.15, 0.2) is 0 Å². The normalized spacial score (nSPS) is 12.7. The molecule has 0 spiro atoms. The Morgan fingerprint density at radius 1 is 1.18 bits per heavy atom. The van der Waals surface area contributed by atoms with Crippen LogP contribution in [0.2, 0.25) is 0 Å². The molecule has 1 aromatic carbocycles. The summed E-state index contributed by atoms with van der Waals surface area (Å²) in [6.45, 7) is 6.37. The number of ketones is 1. The van der Waals surface area contributed by atoms with Crippen molar-refractivity contribution >= 4 is 17.5 Å². The van der Waals surface area contributed by atoms with Gasteiger partial charge in [-0.3, -0.25) is 4.79 Å². The highest BCUT2D eigenvalue weighted by molar-refractivity contribution is 8.00. The number of thioether (sulfide) groups is 1. The number of rotatable bonds is 7. The van der Waals surface area contributed by atoms with Crippen LogP contribution in [0.15, 0.2) is 35.2 Å². The molecule has 0 fully saturated rings. The zero-order valence-electron chi connectivity index (χ0n) is 11.0. The summed E-state index contributed by atoms with van der Waals surface area (Å²) in [5.74, 6) is 1.04. The Morgan fingerprint density at radius 3 is 2.35 bits per heavy atom. The molecular formula is C15H22OS. The molecule has 0 saturated heterocycles. The van der Waals surface area contributed by atoms with Crippen molar-refractivity contribution in [2.75, 3.05) is 0 Å². The Labute approximate surface area is 109 Å². The van der Waals surface area contributed by atoms with Gasteiger partial charge in [0.2, 0.25) is 0 Å². The Hall–Kier alpha value is -0.760. The first-order valence-electron chi connectivity index (χ1n) is 6.38. The highest BCUT2D eigenvalue weighted by atomic mass is 32.2. The van der Waals surface area contributed by atoms with Gasteiger partial charge in [-0.25, -0.2) is 0 Å². The fourth-order valence-electron chi connectivity index (χ4n) is 1.66. The van der Waals surface area contributed by atoms with Gasteiger partial charge in [-0.2, -0.15) is 0 Å². The predicted octanol–water partition coefficient (Wildman–Crippen LogP) is 4.56. The van der Waals surface area contributed by atoms with Crippen molar-refractivity contribution in [3.8, 4) is 0 Å². The molecular weight excluding hydrogens is 228 g/mol. The molecule has 1 unspecified atom stereocenters. The van der Waals surface area contributed by atoms with Crippen molar-refractivity contribution in [2.24, 2.45) is 5.92 Å². The van der Waals surface area contributed by atoms with Gasteiger partial charge >= 0.3 is 0 Å². The van der Waals surface area contributed by atoms with E-state index in [1.807, 2.05) is 25.1 Å². The molecule has 2 heteroatoms. The first-order chi connectivity index (χ1) is 8.13. The van der Waals surface area contributed by atoms with E-state index in [1.165, 1.54) is 4.90 Å². The molecule has 1 aromatic rings. The van der Waals surface area contributed by atoms with Crippen molar-refractivity contribution in [3.63, 3.8) is 0 Å². The molecule has 0 radical (unpaired) electrons. The molecule has 0 amide bonds. The molecule has 0 saturated carbocycles. The van der Waals surface area contributed by atoms with Crippen LogP contribution in [0.1, 0.15) is 40.0 Å². The fraction of sp³-hybridized carbons (Fsp3) is 0.533. The third-order valence-electron chi connectivity index (χ3n) is 2.74. The average molecular weight is 250 g/mol. The van der Waals surface area contributed by atoms with Crippen LogP contribution >= 0.6 is 11.8 Å². The monoisotopic (exact) mass is 250 g/mol. The second-order valence-electron chi connectivity index (χ2n) is 4.71. The van der Waals surface area contributed by atoms with E-state index < -0.39 is 0 Å². The predicted molar refractivity (Wildman–Crippen MR) is 75.5 cm³/mol. The highest BCUT2D eigenvalue weighted by Crippen LogP contribution is 2.28. The Kier molecular flexibility index (Phi) is 6.35. The lowest BCUT2D eigenvalue weighted by atomic mass is 10.0. The summed E-state index contributed by atoms with van der Waals surface area (Å²) in [5.41, 5.74) is 0. The number of carbonyl (C=O) groups excluding carboxylic acids is 1. The average Bonchev–Trinajstić information content (AvgIpc) is 2.34. The van der Waals surface area contributed by atoms with E-state index in [9.17, 15) is 4.79 Å². The summed E-state index contributed by atoms with van der Waals surface area (Å²) in [6.07, 6.45) is 2.75. The van der Waals surface area contributed by atoms with Crippen molar-refractivity contribution in [1.82, 2.24) is 0 Å². The largest absolute Gasteiger partial charge is 0.298 e. The van der Waals surface area contributed by atoms with Crippen LogP contribution in [0.3, 0.4) is 0 Å². The lowest BCUT2D eigenvalue weighted by molar-refractivity contribution is -0.118. The number of carbonyl (C=O) groups is 1. The van der Waals surface area contributed by atoms with Gasteiger partial charge in [-0.05, 0) is 30.9 Å². The van der Waals surface area contributed by atoms with Gasteiger partial charge < -0.3 is 0 Å². The van der Waals surface area contributed by atoms with Crippen molar-refractivity contribution in [1.29, 1.82) is 0 Å². The Morgan fingerprint density at radius 2 is 1.82 bits per heavy atom. The zero-order valence-corrected chi connectivity index (χ0v) is 11.8. The van der Waals surface area contributed by atoms with E-state index in [0.29, 0.717) is 18.1 Å². The van der Waals surface area contributed by atoms with E-state index >= 15 is 0 Å². The van der Waals surface area contributed by atoms with Crippen molar-refractivity contribution in [2.45, 2.75) is 50.2 Å². The minimum atomic E-state index is 0.129. The van der Waals surface area contributed by atoms with Gasteiger partial charge in [0, 0.05) is 11.3 Å². The molecule has 0 aliphatic rings. The standard InChI is InChI=1S/C15H22OS/c1-4-14(16)15(11-10-12(2)3)17-13-8-6-5-7-9-13/h5-9,12,15H,4,10-11H2,1-3H3. The third-order valence-corrected chi connectivity index (χ3v) is 4.06.